The molecule has 17 nitrogen and oxygen atoms in total. The van der Waals surface area contributed by atoms with Gasteiger partial charge in [-0.1, -0.05) is 6.92 Å². The number of rotatable bonds is 7. The summed E-state index contributed by atoms with van der Waals surface area (Å²) in [5, 5.41) is 45.4. The molecule has 0 bridgehead atoms. The van der Waals surface area contributed by atoms with E-state index in [1.807, 2.05) is 32.8 Å². The molecule has 4 saturated heterocycles. The van der Waals surface area contributed by atoms with Gasteiger partial charge >= 0.3 is 5.97 Å². The maximum atomic E-state index is 14.0. The molecule has 320 valence electrons. The topological polar surface area (TPSA) is 226 Å². The number of benzene rings is 2. The van der Waals surface area contributed by atoms with Crippen molar-refractivity contribution in [2.24, 2.45) is 0 Å². The van der Waals surface area contributed by atoms with Crippen LogP contribution in [-0.2, 0) is 47.5 Å². The second kappa shape index (κ2) is 15.5. The Hall–Kier alpha value is -4.04. The lowest BCUT2D eigenvalue weighted by atomic mass is 9.67. The van der Waals surface area contributed by atoms with Crippen molar-refractivity contribution in [2.45, 2.75) is 145 Å². The van der Waals surface area contributed by atoms with Crippen molar-refractivity contribution >= 4 is 23.3 Å². The lowest BCUT2D eigenvalue weighted by molar-refractivity contribution is -0.371. The number of carbonyl (C=O) groups excluding carboxylic acids is 4. The van der Waals surface area contributed by atoms with Crippen LogP contribution in [0.4, 0.5) is 0 Å². The Kier molecular flexibility index (Phi) is 10.9. The minimum Gasteiger partial charge on any atom is -0.507 e. The first-order chi connectivity index (χ1) is 28.0. The highest BCUT2D eigenvalue weighted by atomic mass is 16.8. The summed E-state index contributed by atoms with van der Waals surface area (Å²) in [5.74, 6) is -5.88. The number of Topliss-reactive ketones (excluding diaryl/α,β-unsaturated/α-hetero) is 1. The van der Waals surface area contributed by atoms with E-state index in [-0.39, 0.29) is 54.2 Å². The van der Waals surface area contributed by atoms with Gasteiger partial charge in [0.15, 0.2) is 30.4 Å². The molecule has 17 heteroatoms. The first-order valence-corrected chi connectivity index (χ1v) is 20.1. The zero-order valence-corrected chi connectivity index (χ0v) is 33.9. The van der Waals surface area contributed by atoms with Crippen molar-refractivity contribution in [3.8, 4) is 17.2 Å². The van der Waals surface area contributed by atoms with Gasteiger partial charge in [-0.05, 0) is 65.0 Å². The molecular weight excluding hydrogens is 774 g/mol. The number of fused-ring (bicyclic) bond motifs is 5. The number of hydrogen-bond donors (Lipinski definition) is 4. The van der Waals surface area contributed by atoms with E-state index in [4.69, 9.17) is 37.9 Å². The third-order valence-corrected chi connectivity index (χ3v) is 12.9. The van der Waals surface area contributed by atoms with Gasteiger partial charge < -0.3 is 63.2 Å². The number of ether oxygens (including phenoxy) is 8. The molecule has 8 rings (SSSR count). The number of carbonyl (C=O) groups is 4. The normalized spacial score (nSPS) is 37.8. The Morgan fingerprint density at radius 2 is 1.53 bits per heavy atom. The lowest BCUT2D eigenvalue weighted by Gasteiger charge is -2.51. The second-order valence-electron chi connectivity index (χ2n) is 16.7. The van der Waals surface area contributed by atoms with Gasteiger partial charge in [-0.15, -0.1) is 0 Å². The van der Waals surface area contributed by atoms with Gasteiger partial charge in [0, 0.05) is 42.9 Å². The van der Waals surface area contributed by atoms with Gasteiger partial charge in [-0.25, -0.2) is 0 Å². The van der Waals surface area contributed by atoms with Crippen molar-refractivity contribution in [1.82, 2.24) is 4.90 Å². The summed E-state index contributed by atoms with van der Waals surface area (Å²) in [6, 6.07) is 3.08. The summed E-state index contributed by atoms with van der Waals surface area (Å²) in [6.45, 7) is 7.07. The fourth-order valence-corrected chi connectivity index (χ4v) is 9.77. The van der Waals surface area contributed by atoms with E-state index in [1.54, 1.807) is 13.8 Å². The predicted molar refractivity (Wildman–Crippen MR) is 201 cm³/mol. The Morgan fingerprint density at radius 3 is 2.19 bits per heavy atom. The van der Waals surface area contributed by atoms with Crippen molar-refractivity contribution in [1.29, 1.82) is 0 Å². The molecule has 4 heterocycles. The number of likely N-dealkylation sites (N-methyl/N-ethyl adjacent to an activating group) is 1. The number of esters is 1. The van der Waals surface area contributed by atoms with Gasteiger partial charge in [0.2, 0.25) is 5.78 Å². The van der Waals surface area contributed by atoms with Gasteiger partial charge in [-0.2, -0.15) is 0 Å². The molecule has 0 saturated carbocycles. The van der Waals surface area contributed by atoms with Crippen LogP contribution in [-0.4, -0.2) is 143 Å². The average Bonchev–Trinajstić information content (AvgIpc) is 3.18. The molecule has 0 amide bonds. The van der Waals surface area contributed by atoms with E-state index < -0.39 is 131 Å². The summed E-state index contributed by atoms with van der Waals surface area (Å²) in [5.41, 5.74) is -3.51. The molecule has 14 atom stereocenters. The lowest BCUT2D eigenvalue weighted by Crippen LogP contribution is -2.62. The van der Waals surface area contributed by atoms with Crippen LogP contribution in [0.1, 0.15) is 115 Å². The van der Waals surface area contributed by atoms with E-state index in [0.717, 1.165) is 19.2 Å². The second-order valence-corrected chi connectivity index (χ2v) is 16.7. The Morgan fingerprint density at radius 1 is 0.864 bits per heavy atom. The van der Waals surface area contributed by atoms with E-state index in [1.165, 1.54) is 6.07 Å². The van der Waals surface area contributed by atoms with E-state index in [0.29, 0.717) is 6.42 Å². The molecule has 4 fully saturated rings. The summed E-state index contributed by atoms with van der Waals surface area (Å²) in [4.78, 5) is 55.7. The molecule has 0 aromatic heterocycles. The van der Waals surface area contributed by atoms with Gasteiger partial charge in [0.05, 0.1) is 53.8 Å². The van der Waals surface area contributed by atoms with Crippen molar-refractivity contribution in [2.75, 3.05) is 21.2 Å². The van der Waals surface area contributed by atoms with Crippen LogP contribution >= 0.6 is 0 Å². The zero-order valence-electron chi connectivity index (χ0n) is 33.9. The number of aliphatic hydroxyl groups is 1. The van der Waals surface area contributed by atoms with Crippen LogP contribution in [0.25, 0.3) is 0 Å². The van der Waals surface area contributed by atoms with Crippen LogP contribution in [0.3, 0.4) is 0 Å². The molecule has 2 aliphatic carbocycles. The number of phenols is 3. The molecule has 4 N–H and O–H groups in total. The molecule has 6 aliphatic rings. The summed E-state index contributed by atoms with van der Waals surface area (Å²) in [6.07, 6.45) is -6.48. The molecule has 59 heavy (non-hydrogen) atoms. The molecule has 4 aliphatic heterocycles. The minimum atomic E-state index is -1.80. The van der Waals surface area contributed by atoms with E-state index in [9.17, 15) is 39.6 Å². The highest BCUT2D eigenvalue weighted by molar-refractivity contribution is 6.31. The molecule has 0 unspecified atom stereocenters. The number of nitrogens with zero attached hydrogens (tertiary/aromatic N) is 1. The van der Waals surface area contributed by atoms with Crippen LogP contribution in [0.2, 0.25) is 0 Å². The molecule has 0 spiro atoms. The van der Waals surface area contributed by atoms with Gasteiger partial charge in [0.1, 0.15) is 47.6 Å². The average molecular weight is 826 g/mol. The number of ketones is 3. The number of phenolic OH excluding ortho intramolecular Hbond substituents is 3. The maximum Gasteiger partial charge on any atom is 0.316 e. The first-order valence-electron chi connectivity index (χ1n) is 20.1. The first kappa shape index (κ1) is 41.7. The monoisotopic (exact) mass is 825 g/mol. The third kappa shape index (κ3) is 6.93. The highest BCUT2D eigenvalue weighted by Gasteiger charge is 2.55. The van der Waals surface area contributed by atoms with Crippen molar-refractivity contribution in [3.63, 3.8) is 0 Å². The maximum absolute atomic E-state index is 14.0. The number of methoxy groups -OCH3 is 1. The smallest absolute Gasteiger partial charge is 0.316 e. The highest BCUT2D eigenvalue weighted by Crippen LogP contribution is 2.54. The Bertz CT molecular complexity index is 2050. The van der Waals surface area contributed by atoms with Crippen molar-refractivity contribution < 1.29 is 77.5 Å². The van der Waals surface area contributed by atoms with Crippen LogP contribution in [0.15, 0.2) is 18.2 Å². The molecule has 0 radical (unpaired) electrons. The fraction of sp³-hybridized carbons (Fsp3) is 0.619. The standard InChI is InChI=1S/C42H51NO16/c1-8-42(51)15-27(30-19(34(42)40(50)52-7)11-20-31(36(30)48)37(49)33-23(45)10-9-22(44)32(33)35(20)47)57-28-12-21(43(5)6)38(17(3)53-28)58-29-14-25-39(18(4)54-29)59-41-26(56-25)13-24(46)16(2)55-41/h9-11,16-18,21,25-29,34,38-39,41,44-45,48,51H,8,12-15H2,1-7H3/t16-,17-,18-,21-,25-,26-,27-,28+,29+,34-,38-,39-,41+,42-/m1/s1. The molecular formula is C42H51NO16. The third-order valence-electron chi connectivity index (χ3n) is 12.9. The Labute approximate surface area is 340 Å². The van der Waals surface area contributed by atoms with Gasteiger partial charge in [0.25, 0.3) is 0 Å². The molecule has 2 aromatic rings. The Balaban J connectivity index is 1.07. The molecule has 2 aromatic carbocycles. The van der Waals surface area contributed by atoms with Crippen LogP contribution < -0.4 is 0 Å². The summed E-state index contributed by atoms with van der Waals surface area (Å²) < 4.78 is 49.5. The summed E-state index contributed by atoms with van der Waals surface area (Å²) in [7, 11) is 4.92. The van der Waals surface area contributed by atoms with E-state index >= 15 is 0 Å². The SMILES string of the molecule is CC[C@@]1(O)C[C@@H](O[C@H]2C[C@@H](N(C)C)[C@H](O[C@H]3C[C@H]4O[C@@H]5CC(=O)[C@@H](C)O[C@H]5O[C@@H]4[C@@H](C)O3)[C@@H](C)O2)c2c(cc3c(c2O)C(=O)c2c(O)ccc(O)c2C3=O)[C@@H]1C(=O)OC. The predicted octanol–water partition coefficient (Wildman–Crippen LogP) is 2.88. The summed E-state index contributed by atoms with van der Waals surface area (Å²) >= 11 is 0. The van der Waals surface area contributed by atoms with Crippen molar-refractivity contribution in [3.05, 3.63) is 51.6 Å². The number of aromatic hydroxyl groups is 3. The van der Waals surface area contributed by atoms with Crippen LogP contribution in [0.5, 0.6) is 17.2 Å². The number of hydrogen-bond acceptors (Lipinski definition) is 17. The van der Waals surface area contributed by atoms with E-state index in [2.05, 4.69) is 0 Å². The fourth-order valence-electron chi connectivity index (χ4n) is 9.77. The van der Waals surface area contributed by atoms with Gasteiger partial charge in [-0.3, -0.25) is 19.2 Å². The quantitative estimate of drug-likeness (QED) is 0.198. The minimum absolute atomic E-state index is 0.00735. The van der Waals surface area contributed by atoms with Crippen LogP contribution in [0, 0.1) is 0 Å². The largest absolute Gasteiger partial charge is 0.507 e. The zero-order chi connectivity index (χ0) is 42.4.